The van der Waals surface area contributed by atoms with Crippen LogP contribution in [0.1, 0.15) is 38.8 Å². The number of anilines is 1. The van der Waals surface area contributed by atoms with Gasteiger partial charge in [-0.1, -0.05) is 0 Å². The van der Waals surface area contributed by atoms with Crippen LogP contribution in [0.2, 0.25) is 0 Å². The van der Waals surface area contributed by atoms with E-state index in [0.717, 1.165) is 29.7 Å². The predicted molar refractivity (Wildman–Crippen MR) is 107 cm³/mol. The van der Waals surface area contributed by atoms with Crippen LogP contribution in [0.3, 0.4) is 0 Å². The number of fused-ring (bicyclic) bond motifs is 2. The standard InChI is InChI=1S/C20H21N7O/c1-12(2)26-18-19(23-9-8-22-18)27(20(26)28)15-10-14(11-15)24-16-6-5-13-4-3-7-21-17(13)25-16/h3-9,12,14-15H,10-11H2,1-2H3,(H,21,24,25). The van der Waals surface area contributed by atoms with Gasteiger partial charge in [-0.2, -0.15) is 0 Å². The van der Waals surface area contributed by atoms with Gasteiger partial charge in [0.1, 0.15) is 5.82 Å². The van der Waals surface area contributed by atoms with Gasteiger partial charge >= 0.3 is 5.69 Å². The average Bonchev–Trinajstić information content (AvgIpc) is 2.96. The largest absolute Gasteiger partial charge is 0.367 e. The highest BCUT2D eigenvalue weighted by Gasteiger charge is 2.34. The number of rotatable bonds is 4. The van der Waals surface area contributed by atoms with Crippen molar-refractivity contribution in [3.8, 4) is 0 Å². The number of hydrogen-bond donors (Lipinski definition) is 1. The van der Waals surface area contributed by atoms with Crippen LogP contribution in [0.5, 0.6) is 0 Å². The molecule has 142 valence electrons. The Morgan fingerprint density at radius 1 is 1.04 bits per heavy atom. The van der Waals surface area contributed by atoms with Crippen LogP contribution in [0.4, 0.5) is 5.82 Å². The van der Waals surface area contributed by atoms with Crippen molar-refractivity contribution >= 4 is 28.1 Å². The van der Waals surface area contributed by atoms with E-state index >= 15 is 0 Å². The normalized spacial score (nSPS) is 19.2. The first kappa shape index (κ1) is 16.9. The molecule has 0 aliphatic heterocycles. The van der Waals surface area contributed by atoms with Gasteiger partial charge in [0.05, 0.1) is 0 Å². The number of imidazole rings is 1. The summed E-state index contributed by atoms with van der Waals surface area (Å²) in [5.41, 5.74) is 2.02. The van der Waals surface area contributed by atoms with Crippen LogP contribution < -0.4 is 11.0 Å². The minimum atomic E-state index is -0.0346. The van der Waals surface area contributed by atoms with Gasteiger partial charge < -0.3 is 5.32 Å². The third-order valence-electron chi connectivity index (χ3n) is 5.34. The van der Waals surface area contributed by atoms with Gasteiger partial charge in [-0.15, -0.1) is 0 Å². The van der Waals surface area contributed by atoms with E-state index in [1.54, 1.807) is 27.7 Å². The second-order valence-electron chi connectivity index (χ2n) is 7.53. The van der Waals surface area contributed by atoms with Crippen molar-refractivity contribution in [2.75, 3.05) is 5.32 Å². The lowest BCUT2D eigenvalue weighted by atomic mass is 9.86. The number of aromatic nitrogens is 6. The molecule has 4 heterocycles. The van der Waals surface area contributed by atoms with Crippen LogP contribution in [0.25, 0.3) is 22.3 Å². The zero-order valence-corrected chi connectivity index (χ0v) is 15.8. The smallest absolute Gasteiger partial charge is 0.332 e. The van der Waals surface area contributed by atoms with Crippen molar-refractivity contribution in [2.24, 2.45) is 0 Å². The van der Waals surface area contributed by atoms with E-state index in [-0.39, 0.29) is 23.8 Å². The molecule has 5 rings (SSSR count). The van der Waals surface area contributed by atoms with Crippen LogP contribution >= 0.6 is 0 Å². The van der Waals surface area contributed by atoms with Crippen LogP contribution in [-0.4, -0.2) is 35.1 Å². The lowest BCUT2D eigenvalue weighted by Gasteiger charge is -2.36. The number of nitrogens with zero attached hydrogens (tertiary/aromatic N) is 6. The van der Waals surface area contributed by atoms with Gasteiger partial charge in [0.2, 0.25) is 0 Å². The summed E-state index contributed by atoms with van der Waals surface area (Å²) < 4.78 is 3.52. The van der Waals surface area contributed by atoms with Gasteiger partial charge in [-0.3, -0.25) is 9.13 Å². The third kappa shape index (κ3) is 2.64. The molecule has 0 radical (unpaired) electrons. The molecule has 1 fully saturated rings. The maximum Gasteiger partial charge on any atom is 0.332 e. The highest BCUT2D eigenvalue weighted by Crippen LogP contribution is 2.35. The summed E-state index contributed by atoms with van der Waals surface area (Å²) in [6, 6.07) is 8.31. The molecule has 0 saturated heterocycles. The Hall–Kier alpha value is -3.29. The zero-order valence-electron chi connectivity index (χ0n) is 15.8. The SMILES string of the molecule is CC(C)n1c(=O)n(C2CC(Nc3ccc4cccnc4n3)C2)c2nccnc21. The highest BCUT2D eigenvalue weighted by molar-refractivity contribution is 5.76. The lowest BCUT2D eigenvalue weighted by Crippen LogP contribution is -2.41. The van der Waals surface area contributed by atoms with E-state index in [1.807, 2.05) is 38.1 Å². The molecule has 0 amide bonds. The Kier molecular flexibility index (Phi) is 3.85. The predicted octanol–water partition coefficient (Wildman–Crippen LogP) is 2.93. The highest BCUT2D eigenvalue weighted by atomic mass is 16.2. The second kappa shape index (κ2) is 6.40. The molecule has 0 bridgehead atoms. The first-order valence-corrected chi connectivity index (χ1v) is 9.53. The van der Waals surface area contributed by atoms with Crippen molar-refractivity contribution in [3.05, 3.63) is 53.3 Å². The number of nitrogens with one attached hydrogen (secondary N) is 1. The Morgan fingerprint density at radius 2 is 1.82 bits per heavy atom. The van der Waals surface area contributed by atoms with Crippen molar-refractivity contribution < 1.29 is 0 Å². The van der Waals surface area contributed by atoms with Gasteiger partial charge in [-0.25, -0.2) is 24.7 Å². The molecule has 28 heavy (non-hydrogen) atoms. The van der Waals surface area contributed by atoms with Crippen LogP contribution in [0.15, 0.2) is 47.7 Å². The van der Waals surface area contributed by atoms with E-state index in [9.17, 15) is 4.79 Å². The quantitative estimate of drug-likeness (QED) is 0.590. The fourth-order valence-corrected chi connectivity index (χ4v) is 3.91. The van der Waals surface area contributed by atoms with Gasteiger partial charge in [-0.05, 0) is 51.0 Å². The number of hydrogen-bond acceptors (Lipinski definition) is 6. The third-order valence-corrected chi connectivity index (χ3v) is 5.34. The summed E-state index contributed by atoms with van der Waals surface area (Å²) >= 11 is 0. The molecule has 0 atom stereocenters. The molecule has 1 aliphatic carbocycles. The summed E-state index contributed by atoms with van der Waals surface area (Å²) in [4.78, 5) is 30.7. The molecule has 8 nitrogen and oxygen atoms in total. The van der Waals surface area contributed by atoms with Crippen molar-refractivity contribution in [1.29, 1.82) is 0 Å². The molecule has 0 unspecified atom stereocenters. The van der Waals surface area contributed by atoms with Crippen LogP contribution in [-0.2, 0) is 0 Å². The van der Waals surface area contributed by atoms with Gasteiger partial charge in [0, 0.05) is 42.1 Å². The summed E-state index contributed by atoms with van der Waals surface area (Å²) in [5.74, 6) is 0.811. The lowest BCUT2D eigenvalue weighted by molar-refractivity contribution is 0.278. The molecular formula is C20H21N7O. The molecule has 1 aliphatic rings. The Bertz CT molecular complexity index is 1220. The summed E-state index contributed by atoms with van der Waals surface area (Å²) in [5, 5.41) is 4.48. The first-order valence-electron chi connectivity index (χ1n) is 9.53. The Morgan fingerprint density at radius 3 is 2.61 bits per heavy atom. The van der Waals surface area contributed by atoms with Crippen molar-refractivity contribution in [3.63, 3.8) is 0 Å². The van der Waals surface area contributed by atoms with E-state index in [2.05, 4.69) is 25.3 Å². The molecule has 4 aromatic rings. The monoisotopic (exact) mass is 375 g/mol. The second-order valence-corrected chi connectivity index (χ2v) is 7.53. The van der Waals surface area contributed by atoms with Crippen molar-refractivity contribution in [2.45, 2.75) is 44.8 Å². The van der Waals surface area contributed by atoms with E-state index in [4.69, 9.17) is 0 Å². The molecule has 1 saturated carbocycles. The minimum absolute atomic E-state index is 0.0346. The fourth-order valence-electron chi connectivity index (χ4n) is 3.91. The number of pyridine rings is 2. The van der Waals surface area contributed by atoms with Gasteiger partial charge in [0.25, 0.3) is 0 Å². The zero-order chi connectivity index (χ0) is 19.3. The molecule has 0 spiro atoms. The van der Waals surface area contributed by atoms with Gasteiger partial charge in [0.15, 0.2) is 16.9 Å². The average molecular weight is 375 g/mol. The van der Waals surface area contributed by atoms with E-state index in [0.29, 0.717) is 11.3 Å². The topological polar surface area (TPSA) is 90.5 Å². The molecule has 4 aromatic heterocycles. The minimum Gasteiger partial charge on any atom is -0.367 e. The Balaban J connectivity index is 1.38. The molecule has 1 N–H and O–H groups in total. The first-order chi connectivity index (χ1) is 13.6. The maximum atomic E-state index is 13.0. The Labute approximate surface area is 161 Å². The molecule has 8 heteroatoms. The molecule has 0 aromatic carbocycles. The van der Waals surface area contributed by atoms with E-state index in [1.165, 1.54) is 0 Å². The molecular weight excluding hydrogens is 354 g/mol. The van der Waals surface area contributed by atoms with Crippen molar-refractivity contribution in [1.82, 2.24) is 29.1 Å². The summed E-state index contributed by atoms with van der Waals surface area (Å²) in [6.07, 6.45) is 6.71. The summed E-state index contributed by atoms with van der Waals surface area (Å²) in [6.45, 7) is 3.98. The van der Waals surface area contributed by atoms with E-state index < -0.39 is 0 Å². The van der Waals surface area contributed by atoms with Crippen LogP contribution in [0, 0.1) is 0 Å². The summed E-state index contributed by atoms with van der Waals surface area (Å²) in [7, 11) is 0. The maximum absolute atomic E-state index is 13.0. The fraction of sp³-hybridized carbons (Fsp3) is 0.350.